The molecule has 0 aromatic rings. The van der Waals surface area contributed by atoms with E-state index in [9.17, 15) is 18.0 Å². The van der Waals surface area contributed by atoms with Crippen molar-refractivity contribution in [3.05, 3.63) is 0 Å². The second-order valence-corrected chi connectivity index (χ2v) is 4.30. The Hall–Kier alpha value is -0.780. The van der Waals surface area contributed by atoms with Crippen molar-refractivity contribution in [1.82, 2.24) is 0 Å². The third-order valence-corrected chi connectivity index (χ3v) is 2.33. The first-order valence-corrected chi connectivity index (χ1v) is 5.72. The molecule has 2 N–H and O–H groups in total. The van der Waals surface area contributed by atoms with E-state index in [0.717, 1.165) is 0 Å². The number of ether oxygens (including phenoxy) is 1. The highest BCUT2D eigenvalue weighted by Gasteiger charge is 2.45. The molecule has 0 aromatic carbocycles. The number of unbranched alkanes of at least 4 members (excludes halogenated alkanes) is 1. The second-order valence-electron chi connectivity index (χ2n) is 4.30. The van der Waals surface area contributed by atoms with Crippen molar-refractivity contribution in [2.75, 3.05) is 0 Å². The lowest BCUT2D eigenvalue weighted by molar-refractivity contribution is -0.179. The van der Waals surface area contributed by atoms with Crippen molar-refractivity contribution >= 4 is 5.97 Å². The van der Waals surface area contributed by atoms with Gasteiger partial charge in [0.25, 0.3) is 0 Å². The van der Waals surface area contributed by atoms with Gasteiger partial charge in [0.15, 0.2) is 0 Å². The van der Waals surface area contributed by atoms with Gasteiger partial charge in [-0.25, -0.2) is 0 Å². The Balaban J connectivity index is 4.68. The zero-order valence-electron chi connectivity index (χ0n) is 10.4. The zero-order chi connectivity index (χ0) is 13.6. The summed E-state index contributed by atoms with van der Waals surface area (Å²) in [6.07, 6.45) is -3.69. The summed E-state index contributed by atoms with van der Waals surface area (Å²) in [5.41, 5.74) is 5.09. The Kier molecular flexibility index (Phi) is 6.52. The molecule has 0 spiro atoms. The summed E-state index contributed by atoms with van der Waals surface area (Å²) in [5.74, 6) is -2.17. The summed E-state index contributed by atoms with van der Waals surface area (Å²) in [4.78, 5) is 11.5. The summed E-state index contributed by atoms with van der Waals surface area (Å²) in [6.45, 7) is 5.02. The van der Waals surface area contributed by atoms with E-state index in [4.69, 9.17) is 10.5 Å². The van der Waals surface area contributed by atoms with Gasteiger partial charge >= 0.3 is 12.1 Å². The molecule has 0 aliphatic carbocycles. The number of hydrogen-bond donors (Lipinski definition) is 1. The lowest BCUT2D eigenvalue weighted by atomic mass is 9.94. The molecular formula is C11H20F3NO2. The maximum Gasteiger partial charge on any atom is 0.404 e. The van der Waals surface area contributed by atoms with Gasteiger partial charge < -0.3 is 10.5 Å². The van der Waals surface area contributed by atoms with Crippen LogP contribution in [0.1, 0.15) is 40.0 Å². The first kappa shape index (κ1) is 16.2. The SMILES string of the molecule is CCCC[C@H](C(=O)OC(C)C)[C@H](N)C(F)(F)F. The number of esters is 1. The van der Waals surface area contributed by atoms with Crippen LogP contribution in [0.15, 0.2) is 0 Å². The van der Waals surface area contributed by atoms with E-state index in [1.807, 2.05) is 6.92 Å². The highest BCUT2D eigenvalue weighted by atomic mass is 19.4. The summed E-state index contributed by atoms with van der Waals surface area (Å²) < 4.78 is 42.3. The Morgan fingerprint density at radius 3 is 2.24 bits per heavy atom. The predicted molar refractivity (Wildman–Crippen MR) is 58.3 cm³/mol. The van der Waals surface area contributed by atoms with Crippen molar-refractivity contribution in [2.45, 2.75) is 58.4 Å². The highest BCUT2D eigenvalue weighted by molar-refractivity contribution is 5.73. The molecule has 102 valence electrons. The fourth-order valence-electron chi connectivity index (χ4n) is 1.42. The molecule has 0 saturated carbocycles. The number of hydrogen-bond acceptors (Lipinski definition) is 3. The first-order valence-electron chi connectivity index (χ1n) is 5.72. The van der Waals surface area contributed by atoms with Crippen LogP contribution in [0.25, 0.3) is 0 Å². The molecule has 0 radical (unpaired) electrons. The number of carbonyl (C=O) groups is 1. The minimum atomic E-state index is -4.57. The van der Waals surface area contributed by atoms with Crippen LogP contribution in [-0.4, -0.2) is 24.3 Å². The third-order valence-electron chi connectivity index (χ3n) is 2.33. The topological polar surface area (TPSA) is 52.3 Å². The minimum Gasteiger partial charge on any atom is -0.463 e. The van der Waals surface area contributed by atoms with Crippen LogP contribution in [0.2, 0.25) is 0 Å². The fraction of sp³-hybridized carbons (Fsp3) is 0.909. The van der Waals surface area contributed by atoms with Gasteiger partial charge in [0.05, 0.1) is 12.0 Å². The number of rotatable bonds is 6. The second kappa shape index (κ2) is 6.83. The van der Waals surface area contributed by atoms with E-state index in [0.29, 0.717) is 12.8 Å². The van der Waals surface area contributed by atoms with Crippen molar-refractivity contribution in [2.24, 2.45) is 11.7 Å². The van der Waals surface area contributed by atoms with Gasteiger partial charge in [-0.3, -0.25) is 4.79 Å². The van der Waals surface area contributed by atoms with E-state index >= 15 is 0 Å². The first-order chi connectivity index (χ1) is 7.70. The minimum absolute atomic E-state index is 0.0999. The molecule has 17 heavy (non-hydrogen) atoms. The van der Waals surface area contributed by atoms with Crippen molar-refractivity contribution in [1.29, 1.82) is 0 Å². The summed E-state index contributed by atoms with van der Waals surface area (Å²) in [6, 6.07) is -2.15. The van der Waals surface area contributed by atoms with Crippen LogP contribution in [0.3, 0.4) is 0 Å². The van der Waals surface area contributed by atoms with Crippen LogP contribution < -0.4 is 5.73 Å². The Morgan fingerprint density at radius 2 is 1.88 bits per heavy atom. The highest BCUT2D eigenvalue weighted by Crippen LogP contribution is 2.28. The van der Waals surface area contributed by atoms with Crippen LogP contribution in [0.5, 0.6) is 0 Å². The predicted octanol–water partition coefficient (Wildman–Crippen LogP) is 2.63. The normalized spacial score (nSPS) is 15.8. The Bertz CT molecular complexity index is 241. The van der Waals surface area contributed by atoms with Gasteiger partial charge in [-0.1, -0.05) is 19.8 Å². The molecule has 3 nitrogen and oxygen atoms in total. The lowest BCUT2D eigenvalue weighted by Crippen LogP contribution is -2.47. The van der Waals surface area contributed by atoms with Crippen LogP contribution in [0.4, 0.5) is 13.2 Å². The van der Waals surface area contributed by atoms with Gasteiger partial charge in [0, 0.05) is 0 Å². The molecule has 0 aliphatic heterocycles. The molecule has 0 saturated heterocycles. The lowest BCUT2D eigenvalue weighted by Gasteiger charge is -2.25. The van der Waals surface area contributed by atoms with Crippen LogP contribution in [-0.2, 0) is 9.53 Å². The van der Waals surface area contributed by atoms with Gasteiger partial charge in [-0.05, 0) is 20.3 Å². The van der Waals surface area contributed by atoms with Crippen molar-refractivity contribution in [3.63, 3.8) is 0 Å². The van der Waals surface area contributed by atoms with Gasteiger partial charge in [0.2, 0.25) is 0 Å². The maximum absolute atomic E-state index is 12.5. The van der Waals surface area contributed by atoms with Crippen molar-refractivity contribution < 1.29 is 22.7 Å². The molecule has 0 unspecified atom stereocenters. The maximum atomic E-state index is 12.5. The molecule has 0 heterocycles. The molecular weight excluding hydrogens is 235 g/mol. The quantitative estimate of drug-likeness (QED) is 0.742. The Labute approximate surface area is 99.5 Å². The number of nitrogens with two attached hydrogens (primary N) is 1. The number of carbonyl (C=O) groups excluding carboxylic acids is 1. The van der Waals surface area contributed by atoms with Crippen molar-refractivity contribution in [3.8, 4) is 0 Å². The van der Waals surface area contributed by atoms with Gasteiger partial charge in [0.1, 0.15) is 6.04 Å². The summed E-state index contributed by atoms with van der Waals surface area (Å²) >= 11 is 0. The van der Waals surface area contributed by atoms with E-state index in [-0.39, 0.29) is 6.42 Å². The number of alkyl halides is 3. The smallest absolute Gasteiger partial charge is 0.404 e. The third kappa shape index (κ3) is 5.91. The fourth-order valence-corrected chi connectivity index (χ4v) is 1.42. The molecule has 2 atom stereocenters. The standard InChI is InChI=1S/C11H20F3NO2/c1-4-5-6-8(9(15)11(12,13)14)10(16)17-7(2)3/h7-9H,4-6,15H2,1-3H3/t8-,9-/m0/s1. The number of halogens is 3. The molecule has 0 aromatic heterocycles. The van der Waals surface area contributed by atoms with Gasteiger partial charge in [-0.2, -0.15) is 13.2 Å². The van der Waals surface area contributed by atoms with Crippen LogP contribution in [0, 0.1) is 5.92 Å². The monoisotopic (exact) mass is 255 g/mol. The van der Waals surface area contributed by atoms with E-state index < -0.39 is 30.2 Å². The summed E-state index contributed by atoms with van der Waals surface area (Å²) in [5, 5.41) is 0. The molecule has 0 fully saturated rings. The summed E-state index contributed by atoms with van der Waals surface area (Å²) in [7, 11) is 0. The van der Waals surface area contributed by atoms with E-state index in [1.165, 1.54) is 0 Å². The van der Waals surface area contributed by atoms with E-state index in [1.54, 1.807) is 13.8 Å². The van der Waals surface area contributed by atoms with E-state index in [2.05, 4.69) is 0 Å². The Morgan fingerprint density at radius 1 is 1.35 bits per heavy atom. The molecule has 6 heteroatoms. The molecule has 0 aliphatic rings. The molecule has 0 bridgehead atoms. The largest absolute Gasteiger partial charge is 0.463 e. The van der Waals surface area contributed by atoms with Crippen LogP contribution >= 0.6 is 0 Å². The average Bonchev–Trinajstić information content (AvgIpc) is 2.15. The zero-order valence-corrected chi connectivity index (χ0v) is 10.4. The molecule has 0 rings (SSSR count). The average molecular weight is 255 g/mol. The molecule has 0 amide bonds. The van der Waals surface area contributed by atoms with Gasteiger partial charge in [-0.15, -0.1) is 0 Å².